The Morgan fingerprint density at radius 2 is 1.64 bits per heavy atom. The summed E-state index contributed by atoms with van der Waals surface area (Å²) in [4.78, 5) is 23.2. The minimum absolute atomic E-state index is 0.0460. The molecule has 0 aliphatic heterocycles. The third-order valence-electron chi connectivity index (χ3n) is 2.95. The highest BCUT2D eigenvalue weighted by Gasteiger charge is 2.09. The molecule has 0 aliphatic carbocycles. The summed E-state index contributed by atoms with van der Waals surface area (Å²) < 4.78 is 0. The summed E-state index contributed by atoms with van der Waals surface area (Å²) in [5.74, 6) is 0.568. The Morgan fingerprint density at radius 3 is 2.23 bits per heavy atom. The van der Waals surface area contributed by atoms with E-state index in [2.05, 4.69) is 0 Å². The first-order chi connectivity index (χ1) is 10.5. The van der Waals surface area contributed by atoms with Gasteiger partial charge in [0.15, 0.2) is 0 Å². The topological polar surface area (TPSA) is 89.5 Å². The molecule has 0 unspecified atom stereocenters. The van der Waals surface area contributed by atoms with Crippen molar-refractivity contribution in [1.29, 1.82) is 0 Å². The Balaban J connectivity index is 2.00. The number of benzene rings is 2. The van der Waals surface area contributed by atoms with E-state index in [1.54, 1.807) is 24.3 Å². The normalized spacial score (nSPS) is 10.2. The predicted octanol–water partition coefficient (Wildman–Crippen LogP) is 3.69. The molecule has 0 radical (unpaired) electrons. The first kappa shape index (κ1) is 15.8. The molecule has 0 spiro atoms. The molecule has 2 rings (SSSR count). The van der Waals surface area contributed by atoms with Crippen molar-refractivity contribution < 1.29 is 9.85 Å². The van der Waals surface area contributed by atoms with Crippen LogP contribution in [-0.4, -0.2) is 22.8 Å². The van der Waals surface area contributed by atoms with Crippen LogP contribution in [0.15, 0.2) is 53.4 Å². The minimum Gasteiger partial charge on any atom is -0.365 e. The lowest BCUT2D eigenvalue weighted by molar-refractivity contribution is -0.385. The van der Waals surface area contributed by atoms with Crippen LogP contribution < -0.4 is 4.90 Å². The molecule has 0 N–H and O–H groups in total. The molecule has 2 aromatic carbocycles. The lowest BCUT2D eigenvalue weighted by Gasteiger charge is -2.18. The number of anilines is 1. The Bertz CT molecular complexity index is 691. The monoisotopic (exact) mass is 319 g/mol. The van der Waals surface area contributed by atoms with E-state index >= 15 is 0 Å². The first-order valence-corrected chi connectivity index (χ1v) is 7.29. The molecule has 7 nitrogen and oxygen atoms in total. The predicted molar refractivity (Wildman–Crippen MR) is 85.3 cm³/mol. The molecular formula is C14H13N3O4S. The number of nitro groups is 2. The van der Waals surface area contributed by atoms with Crippen LogP contribution in [0.2, 0.25) is 0 Å². The van der Waals surface area contributed by atoms with Crippen LogP contribution in [0.4, 0.5) is 17.1 Å². The second kappa shape index (κ2) is 6.90. The SMILES string of the molecule is CN(CSc1ccc([N+](=O)[O-])cc1)c1cccc([N+](=O)[O-])c1. The standard InChI is InChI=1S/C14H13N3O4S/c1-15(12-3-2-4-13(9-12)17(20)21)10-22-14-7-5-11(6-8-14)16(18)19/h2-9H,10H2,1H3. The van der Waals surface area contributed by atoms with E-state index in [0.717, 1.165) is 10.6 Å². The number of hydrogen-bond donors (Lipinski definition) is 0. The second-order valence-electron chi connectivity index (χ2n) is 4.50. The maximum atomic E-state index is 10.8. The number of hydrogen-bond acceptors (Lipinski definition) is 6. The molecular weight excluding hydrogens is 306 g/mol. The second-order valence-corrected chi connectivity index (χ2v) is 5.52. The highest BCUT2D eigenvalue weighted by molar-refractivity contribution is 7.99. The van der Waals surface area contributed by atoms with Crippen molar-refractivity contribution in [2.75, 3.05) is 17.8 Å². The van der Waals surface area contributed by atoms with Gasteiger partial charge in [0, 0.05) is 41.9 Å². The fourth-order valence-electron chi connectivity index (χ4n) is 1.75. The largest absolute Gasteiger partial charge is 0.365 e. The van der Waals surface area contributed by atoms with Gasteiger partial charge in [0.25, 0.3) is 11.4 Å². The van der Waals surface area contributed by atoms with Crippen LogP contribution in [0.5, 0.6) is 0 Å². The highest BCUT2D eigenvalue weighted by atomic mass is 32.2. The van der Waals surface area contributed by atoms with Gasteiger partial charge in [-0.15, -0.1) is 11.8 Å². The van der Waals surface area contributed by atoms with Crippen LogP contribution in [0.3, 0.4) is 0 Å². The third-order valence-corrected chi connectivity index (χ3v) is 4.08. The molecule has 0 fully saturated rings. The van der Waals surface area contributed by atoms with E-state index in [-0.39, 0.29) is 11.4 Å². The Hall–Kier alpha value is -2.61. The Kier molecular flexibility index (Phi) is 4.95. The molecule has 2 aromatic rings. The van der Waals surface area contributed by atoms with Crippen molar-refractivity contribution in [2.45, 2.75) is 4.90 Å². The summed E-state index contributed by atoms with van der Waals surface area (Å²) in [5, 5.41) is 21.4. The molecule has 8 heteroatoms. The van der Waals surface area contributed by atoms with Crippen LogP contribution in [0, 0.1) is 20.2 Å². The minimum atomic E-state index is -0.441. The Labute approximate surface area is 130 Å². The average Bonchev–Trinajstić information content (AvgIpc) is 2.53. The van der Waals surface area contributed by atoms with Gasteiger partial charge in [-0.05, 0) is 18.2 Å². The van der Waals surface area contributed by atoms with Gasteiger partial charge in [-0.1, -0.05) is 6.07 Å². The van der Waals surface area contributed by atoms with Crippen LogP contribution in [0.1, 0.15) is 0 Å². The molecule has 114 valence electrons. The first-order valence-electron chi connectivity index (χ1n) is 6.30. The molecule has 0 aliphatic rings. The summed E-state index contributed by atoms with van der Waals surface area (Å²) in [6, 6.07) is 12.7. The number of non-ortho nitro benzene ring substituents is 2. The number of nitro benzene ring substituents is 2. The van der Waals surface area contributed by atoms with Crippen molar-refractivity contribution in [3.05, 3.63) is 68.8 Å². The zero-order valence-electron chi connectivity index (χ0n) is 11.7. The summed E-state index contributed by atoms with van der Waals surface area (Å²) in [6.07, 6.45) is 0. The van der Waals surface area contributed by atoms with Crippen LogP contribution in [-0.2, 0) is 0 Å². The zero-order chi connectivity index (χ0) is 16.1. The lowest BCUT2D eigenvalue weighted by atomic mass is 10.3. The third kappa shape index (κ3) is 3.95. The summed E-state index contributed by atoms with van der Waals surface area (Å²) in [5.41, 5.74) is 0.838. The van der Waals surface area contributed by atoms with Gasteiger partial charge in [0.05, 0.1) is 15.7 Å². The fraction of sp³-hybridized carbons (Fsp3) is 0.143. The van der Waals surface area contributed by atoms with Crippen molar-refractivity contribution in [3.8, 4) is 0 Å². The zero-order valence-corrected chi connectivity index (χ0v) is 12.5. The van der Waals surface area contributed by atoms with E-state index in [1.807, 2.05) is 11.9 Å². The van der Waals surface area contributed by atoms with Gasteiger partial charge < -0.3 is 4.90 Å². The molecule has 0 heterocycles. The molecule has 22 heavy (non-hydrogen) atoms. The molecule has 0 amide bonds. The summed E-state index contributed by atoms with van der Waals surface area (Å²) in [7, 11) is 1.83. The molecule has 0 aromatic heterocycles. The van der Waals surface area contributed by atoms with E-state index in [1.165, 1.54) is 36.0 Å². The molecule has 0 saturated carbocycles. The van der Waals surface area contributed by atoms with Crippen molar-refractivity contribution in [2.24, 2.45) is 0 Å². The quantitative estimate of drug-likeness (QED) is 0.349. The van der Waals surface area contributed by atoms with Gasteiger partial charge in [-0.3, -0.25) is 20.2 Å². The number of nitrogens with zero attached hydrogens (tertiary/aromatic N) is 3. The smallest absolute Gasteiger partial charge is 0.271 e. The summed E-state index contributed by atoms with van der Waals surface area (Å²) in [6.45, 7) is 0. The van der Waals surface area contributed by atoms with Crippen molar-refractivity contribution >= 4 is 28.8 Å². The molecule has 0 saturated heterocycles. The van der Waals surface area contributed by atoms with Gasteiger partial charge in [-0.25, -0.2) is 0 Å². The van der Waals surface area contributed by atoms with Gasteiger partial charge in [0.2, 0.25) is 0 Å². The number of thioether (sulfide) groups is 1. The maximum Gasteiger partial charge on any atom is 0.271 e. The number of rotatable bonds is 6. The Morgan fingerprint density at radius 1 is 1.00 bits per heavy atom. The van der Waals surface area contributed by atoms with E-state index < -0.39 is 9.85 Å². The average molecular weight is 319 g/mol. The van der Waals surface area contributed by atoms with Gasteiger partial charge in [0.1, 0.15) is 0 Å². The van der Waals surface area contributed by atoms with E-state index in [0.29, 0.717) is 5.88 Å². The van der Waals surface area contributed by atoms with Gasteiger partial charge in [-0.2, -0.15) is 0 Å². The fourth-order valence-corrected chi connectivity index (χ4v) is 2.57. The van der Waals surface area contributed by atoms with E-state index in [4.69, 9.17) is 0 Å². The van der Waals surface area contributed by atoms with Crippen molar-refractivity contribution in [3.63, 3.8) is 0 Å². The van der Waals surface area contributed by atoms with Gasteiger partial charge >= 0.3 is 0 Å². The van der Waals surface area contributed by atoms with E-state index in [9.17, 15) is 20.2 Å². The summed E-state index contributed by atoms with van der Waals surface area (Å²) >= 11 is 1.49. The molecule has 0 bridgehead atoms. The maximum absolute atomic E-state index is 10.8. The van der Waals surface area contributed by atoms with Crippen LogP contribution >= 0.6 is 11.8 Å². The lowest BCUT2D eigenvalue weighted by Crippen LogP contribution is -2.15. The van der Waals surface area contributed by atoms with Crippen molar-refractivity contribution in [1.82, 2.24) is 0 Å². The van der Waals surface area contributed by atoms with Crippen LogP contribution in [0.25, 0.3) is 0 Å². The molecule has 0 atom stereocenters. The highest BCUT2D eigenvalue weighted by Crippen LogP contribution is 2.25.